The van der Waals surface area contributed by atoms with Gasteiger partial charge in [-0.25, -0.2) is 4.79 Å². The first-order valence-corrected chi connectivity index (χ1v) is 5.73. The SMILES string of the molecule is Cc1cn([C@H]2C[C@H](O)[C@@H](COC=O)O2)c(=O)[nH]c1=O. The van der Waals surface area contributed by atoms with Gasteiger partial charge < -0.3 is 14.6 Å². The van der Waals surface area contributed by atoms with E-state index in [0.717, 1.165) is 0 Å². The van der Waals surface area contributed by atoms with Gasteiger partial charge in [0.15, 0.2) is 0 Å². The van der Waals surface area contributed by atoms with Crippen molar-refractivity contribution >= 4 is 6.47 Å². The van der Waals surface area contributed by atoms with E-state index in [2.05, 4.69) is 9.72 Å². The molecule has 0 aliphatic carbocycles. The molecule has 8 nitrogen and oxygen atoms in total. The Labute approximate surface area is 107 Å². The highest BCUT2D eigenvalue weighted by Crippen LogP contribution is 2.27. The first-order chi connectivity index (χ1) is 9.02. The maximum atomic E-state index is 11.7. The van der Waals surface area contributed by atoms with Crippen molar-refractivity contribution < 1.29 is 19.4 Å². The third-order valence-electron chi connectivity index (χ3n) is 2.99. The maximum Gasteiger partial charge on any atom is 0.330 e. The van der Waals surface area contributed by atoms with Gasteiger partial charge in [0.1, 0.15) is 18.9 Å². The molecule has 2 heterocycles. The summed E-state index contributed by atoms with van der Waals surface area (Å²) in [5.74, 6) is 0. The van der Waals surface area contributed by atoms with Crippen LogP contribution in [0.1, 0.15) is 18.2 Å². The minimum atomic E-state index is -0.843. The highest BCUT2D eigenvalue weighted by Gasteiger charge is 2.35. The van der Waals surface area contributed by atoms with Crippen LogP contribution in [-0.2, 0) is 14.3 Å². The second-order valence-electron chi connectivity index (χ2n) is 4.34. The molecule has 1 aliphatic heterocycles. The van der Waals surface area contributed by atoms with Gasteiger partial charge >= 0.3 is 5.69 Å². The number of nitrogens with one attached hydrogen (secondary N) is 1. The lowest BCUT2D eigenvalue weighted by molar-refractivity contribution is -0.135. The van der Waals surface area contributed by atoms with Crippen molar-refractivity contribution in [1.82, 2.24) is 9.55 Å². The Morgan fingerprint density at radius 2 is 2.37 bits per heavy atom. The molecule has 2 rings (SSSR count). The second kappa shape index (κ2) is 5.37. The first-order valence-electron chi connectivity index (χ1n) is 5.73. The number of carbonyl (C=O) groups excluding carboxylic acids is 1. The van der Waals surface area contributed by atoms with Gasteiger partial charge in [-0.05, 0) is 6.92 Å². The van der Waals surface area contributed by atoms with Crippen LogP contribution in [0.15, 0.2) is 15.8 Å². The lowest BCUT2D eigenvalue weighted by atomic mass is 10.2. The molecule has 1 aromatic rings. The molecule has 2 N–H and O–H groups in total. The van der Waals surface area contributed by atoms with Gasteiger partial charge in [0, 0.05) is 18.2 Å². The fourth-order valence-electron chi connectivity index (χ4n) is 1.97. The summed E-state index contributed by atoms with van der Waals surface area (Å²) < 4.78 is 11.2. The summed E-state index contributed by atoms with van der Waals surface area (Å²) in [5.41, 5.74) is -0.698. The van der Waals surface area contributed by atoms with Crippen molar-refractivity contribution in [3.63, 3.8) is 0 Å². The van der Waals surface area contributed by atoms with Crippen LogP contribution in [0, 0.1) is 6.92 Å². The summed E-state index contributed by atoms with van der Waals surface area (Å²) in [4.78, 5) is 35.2. The van der Waals surface area contributed by atoms with E-state index in [0.29, 0.717) is 5.56 Å². The molecule has 0 saturated carbocycles. The van der Waals surface area contributed by atoms with Crippen molar-refractivity contribution in [2.24, 2.45) is 0 Å². The Bertz CT molecular complexity index is 577. The van der Waals surface area contributed by atoms with Crippen molar-refractivity contribution in [2.75, 3.05) is 6.61 Å². The fourth-order valence-corrected chi connectivity index (χ4v) is 1.97. The summed E-state index contributed by atoms with van der Waals surface area (Å²) >= 11 is 0. The highest BCUT2D eigenvalue weighted by molar-refractivity contribution is 5.36. The number of rotatable bonds is 4. The Balaban J connectivity index is 2.20. The van der Waals surface area contributed by atoms with Crippen LogP contribution >= 0.6 is 0 Å². The minimum Gasteiger partial charge on any atom is -0.465 e. The molecule has 0 radical (unpaired) electrons. The molecule has 104 valence electrons. The number of hydrogen-bond acceptors (Lipinski definition) is 6. The molecule has 1 aromatic heterocycles. The second-order valence-corrected chi connectivity index (χ2v) is 4.34. The summed E-state index contributed by atoms with van der Waals surface area (Å²) in [6, 6.07) is 0. The molecular weight excluding hydrogens is 256 g/mol. The van der Waals surface area contributed by atoms with Gasteiger partial charge in [0.25, 0.3) is 12.0 Å². The van der Waals surface area contributed by atoms with E-state index in [1.165, 1.54) is 10.8 Å². The Morgan fingerprint density at radius 1 is 1.63 bits per heavy atom. The highest BCUT2D eigenvalue weighted by atomic mass is 16.6. The summed E-state index contributed by atoms with van der Waals surface area (Å²) in [6.07, 6.45) is -0.670. The van der Waals surface area contributed by atoms with Gasteiger partial charge in [0.2, 0.25) is 0 Å². The normalized spacial score (nSPS) is 26.3. The molecular formula is C11H14N2O6. The average Bonchev–Trinajstić information content (AvgIpc) is 2.72. The van der Waals surface area contributed by atoms with Crippen molar-refractivity contribution in [3.8, 4) is 0 Å². The largest absolute Gasteiger partial charge is 0.465 e. The smallest absolute Gasteiger partial charge is 0.330 e. The molecule has 0 amide bonds. The van der Waals surface area contributed by atoms with E-state index >= 15 is 0 Å². The van der Waals surface area contributed by atoms with Crippen molar-refractivity contribution in [1.29, 1.82) is 0 Å². The predicted molar refractivity (Wildman–Crippen MR) is 62.6 cm³/mol. The van der Waals surface area contributed by atoms with E-state index in [9.17, 15) is 19.5 Å². The van der Waals surface area contributed by atoms with E-state index in [1.54, 1.807) is 6.92 Å². The van der Waals surface area contributed by atoms with E-state index < -0.39 is 29.7 Å². The minimum absolute atomic E-state index is 0.0851. The van der Waals surface area contributed by atoms with Crippen molar-refractivity contribution in [2.45, 2.75) is 31.8 Å². The zero-order valence-corrected chi connectivity index (χ0v) is 10.2. The van der Waals surface area contributed by atoms with Crippen LogP contribution in [0.2, 0.25) is 0 Å². The lowest BCUT2D eigenvalue weighted by Gasteiger charge is -2.15. The topological polar surface area (TPSA) is 111 Å². The molecule has 1 aliphatic rings. The van der Waals surface area contributed by atoms with Gasteiger partial charge in [-0.2, -0.15) is 0 Å². The Hall–Kier alpha value is -1.93. The number of aliphatic hydroxyl groups is 1. The third-order valence-corrected chi connectivity index (χ3v) is 2.99. The Kier molecular flexibility index (Phi) is 3.82. The molecule has 1 fully saturated rings. The monoisotopic (exact) mass is 270 g/mol. The summed E-state index contributed by atoms with van der Waals surface area (Å²) in [7, 11) is 0. The van der Waals surface area contributed by atoms with Crippen LogP contribution in [0.4, 0.5) is 0 Å². The zero-order valence-electron chi connectivity index (χ0n) is 10.2. The van der Waals surface area contributed by atoms with Gasteiger partial charge in [-0.3, -0.25) is 19.1 Å². The molecule has 0 aromatic carbocycles. The number of hydrogen-bond donors (Lipinski definition) is 2. The molecule has 0 spiro atoms. The zero-order chi connectivity index (χ0) is 14.0. The van der Waals surface area contributed by atoms with E-state index in [-0.39, 0.29) is 19.5 Å². The van der Waals surface area contributed by atoms with Gasteiger partial charge in [0.05, 0.1) is 6.10 Å². The number of ether oxygens (including phenoxy) is 2. The molecule has 1 saturated heterocycles. The van der Waals surface area contributed by atoms with Crippen molar-refractivity contribution in [3.05, 3.63) is 32.6 Å². The van der Waals surface area contributed by atoms with Gasteiger partial charge in [-0.1, -0.05) is 0 Å². The third kappa shape index (κ3) is 2.74. The fraction of sp³-hybridized carbons (Fsp3) is 0.545. The van der Waals surface area contributed by atoms with Crippen LogP contribution in [0.25, 0.3) is 0 Å². The van der Waals surface area contributed by atoms with E-state index in [4.69, 9.17) is 4.74 Å². The lowest BCUT2D eigenvalue weighted by Crippen LogP contribution is -2.33. The number of H-pyrrole nitrogens is 1. The Morgan fingerprint density at radius 3 is 3.05 bits per heavy atom. The number of aromatic nitrogens is 2. The molecule has 19 heavy (non-hydrogen) atoms. The van der Waals surface area contributed by atoms with Crippen LogP contribution < -0.4 is 11.2 Å². The number of carbonyl (C=O) groups is 1. The standard InChI is InChI=1S/C11H14N2O6/c1-6-3-13(11(17)12-10(6)16)9-2-7(15)8(19-9)4-18-5-14/h3,5,7-9,15H,2,4H2,1H3,(H,12,16,17)/t7-,8+,9+/m0/s1. The number of nitrogens with zero attached hydrogens (tertiary/aromatic N) is 1. The number of aliphatic hydroxyl groups excluding tert-OH is 1. The average molecular weight is 270 g/mol. The summed E-state index contributed by atoms with van der Waals surface area (Å²) in [5, 5.41) is 9.75. The summed E-state index contributed by atoms with van der Waals surface area (Å²) in [6.45, 7) is 1.74. The van der Waals surface area contributed by atoms with Gasteiger partial charge in [-0.15, -0.1) is 0 Å². The maximum absolute atomic E-state index is 11.7. The number of aryl methyl sites for hydroxylation is 1. The molecule has 0 unspecified atom stereocenters. The molecule has 0 bridgehead atoms. The predicted octanol–water partition coefficient (Wildman–Crippen LogP) is -1.33. The van der Waals surface area contributed by atoms with Crippen LogP contribution in [0.5, 0.6) is 0 Å². The quantitative estimate of drug-likeness (QED) is 0.656. The van der Waals surface area contributed by atoms with Crippen LogP contribution in [0.3, 0.4) is 0 Å². The number of aromatic amines is 1. The molecule has 3 atom stereocenters. The van der Waals surface area contributed by atoms with E-state index in [1.807, 2.05) is 0 Å². The first kappa shape index (κ1) is 13.5. The van der Waals surface area contributed by atoms with Crippen LogP contribution in [-0.4, -0.2) is 39.9 Å². The molecule has 8 heteroatoms.